The van der Waals surface area contributed by atoms with Gasteiger partial charge < -0.3 is 14.5 Å². The summed E-state index contributed by atoms with van der Waals surface area (Å²) in [6, 6.07) is 9.52. The van der Waals surface area contributed by atoms with E-state index in [-0.39, 0.29) is 11.2 Å². The molecule has 1 aliphatic rings. The number of nitrogens with one attached hydrogen (secondary N) is 1. The Morgan fingerprint density at radius 2 is 1.74 bits per heavy atom. The molecule has 0 saturated carbocycles. The summed E-state index contributed by atoms with van der Waals surface area (Å²) >= 11 is 0. The van der Waals surface area contributed by atoms with Crippen LogP contribution < -0.4 is 10.7 Å². The van der Waals surface area contributed by atoms with Crippen LogP contribution in [0.15, 0.2) is 45.6 Å². The summed E-state index contributed by atoms with van der Waals surface area (Å²) in [5.74, 6) is -0.837. The summed E-state index contributed by atoms with van der Waals surface area (Å²) in [7, 11) is 1.31. The minimum absolute atomic E-state index is 0.0396. The van der Waals surface area contributed by atoms with Gasteiger partial charge in [0.25, 0.3) is 5.91 Å². The van der Waals surface area contributed by atoms with Crippen LogP contribution in [-0.2, 0) is 4.74 Å². The van der Waals surface area contributed by atoms with Crippen LogP contribution in [0.25, 0.3) is 11.0 Å². The maximum absolute atomic E-state index is 13.1. The predicted octanol–water partition coefficient (Wildman–Crippen LogP) is 3.03. The van der Waals surface area contributed by atoms with Crippen LogP contribution in [0, 0.1) is 13.8 Å². The van der Waals surface area contributed by atoms with Gasteiger partial charge in [-0.2, -0.15) is 0 Å². The van der Waals surface area contributed by atoms with Crippen molar-refractivity contribution in [3.8, 4) is 0 Å². The largest absolute Gasteiger partial charge is 0.465 e. The number of hydrogen-bond acceptors (Lipinski definition) is 5. The Labute approximate surface area is 154 Å². The Hall–Kier alpha value is -3.41. The maximum Gasteiger partial charge on any atom is 0.337 e. The second-order valence-corrected chi connectivity index (χ2v) is 6.63. The van der Waals surface area contributed by atoms with Gasteiger partial charge in [-0.15, -0.1) is 0 Å². The lowest BCUT2D eigenvalue weighted by Gasteiger charge is -2.12. The molecule has 0 spiro atoms. The molecule has 2 aromatic carbocycles. The number of amides is 1. The molecule has 0 saturated heterocycles. The number of fused-ring (bicyclic) bond motifs is 2. The summed E-state index contributed by atoms with van der Waals surface area (Å²) in [6.45, 7) is 3.85. The van der Waals surface area contributed by atoms with Gasteiger partial charge in [0.2, 0.25) is 5.76 Å². The lowest BCUT2D eigenvalue weighted by Crippen LogP contribution is -2.22. The van der Waals surface area contributed by atoms with Gasteiger partial charge >= 0.3 is 5.97 Å². The highest BCUT2D eigenvalue weighted by Crippen LogP contribution is 2.31. The van der Waals surface area contributed by atoms with E-state index in [9.17, 15) is 14.4 Å². The van der Waals surface area contributed by atoms with E-state index < -0.39 is 17.9 Å². The molecule has 27 heavy (non-hydrogen) atoms. The first-order chi connectivity index (χ1) is 12.9. The molecule has 0 radical (unpaired) electrons. The fourth-order valence-electron chi connectivity index (χ4n) is 3.34. The zero-order valence-electron chi connectivity index (χ0n) is 15.1. The maximum atomic E-state index is 13.1. The summed E-state index contributed by atoms with van der Waals surface area (Å²) in [6.07, 6.45) is 0. The molecule has 136 valence electrons. The van der Waals surface area contributed by atoms with E-state index in [2.05, 4.69) is 10.1 Å². The van der Waals surface area contributed by atoms with E-state index in [1.165, 1.54) is 7.11 Å². The molecule has 0 unspecified atom stereocenters. The van der Waals surface area contributed by atoms with Gasteiger partial charge in [0.1, 0.15) is 5.58 Å². The molecule has 1 atom stereocenters. The van der Waals surface area contributed by atoms with Crippen LogP contribution in [0.2, 0.25) is 0 Å². The number of ether oxygens (including phenoxy) is 1. The Morgan fingerprint density at radius 3 is 2.41 bits per heavy atom. The molecule has 1 aliphatic heterocycles. The van der Waals surface area contributed by atoms with Crippen molar-refractivity contribution < 1.29 is 18.7 Å². The van der Waals surface area contributed by atoms with Crippen LogP contribution in [0.4, 0.5) is 0 Å². The van der Waals surface area contributed by atoms with Crippen molar-refractivity contribution in [2.24, 2.45) is 0 Å². The van der Waals surface area contributed by atoms with Crippen molar-refractivity contribution in [1.29, 1.82) is 0 Å². The second kappa shape index (κ2) is 6.09. The number of carbonyl (C=O) groups is 2. The Bertz CT molecular complexity index is 1160. The van der Waals surface area contributed by atoms with Crippen LogP contribution >= 0.6 is 0 Å². The molecule has 6 nitrogen and oxygen atoms in total. The van der Waals surface area contributed by atoms with E-state index in [1.807, 2.05) is 13.8 Å². The summed E-state index contributed by atoms with van der Waals surface area (Å²) in [5.41, 5.74) is 3.51. The third kappa shape index (κ3) is 2.61. The number of benzene rings is 2. The lowest BCUT2D eigenvalue weighted by atomic mass is 9.97. The molecule has 3 aromatic rings. The first-order valence-electron chi connectivity index (χ1n) is 8.48. The van der Waals surface area contributed by atoms with Gasteiger partial charge in [0.15, 0.2) is 5.43 Å². The normalized spacial score (nSPS) is 15.5. The third-order valence-electron chi connectivity index (χ3n) is 4.98. The number of esters is 1. The molecule has 2 heterocycles. The summed E-state index contributed by atoms with van der Waals surface area (Å²) in [5, 5.41) is 3.24. The molecule has 0 bridgehead atoms. The van der Waals surface area contributed by atoms with Gasteiger partial charge in [0, 0.05) is 0 Å². The summed E-state index contributed by atoms with van der Waals surface area (Å²) in [4.78, 5) is 37.1. The van der Waals surface area contributed by atoms with Gasteiger partial charge in [-0.25, -0.2) is 4.79 Å². The molecule has 1 aromatic heterocycles. The van der Waals surface area contributed by atoms with Gasteiger partial charge in [-0.1, -0.05) is 12.1 Å². The quantitative estimate of drug-likeness (QED) is 0.708. The highest BCUT2D eigenvalue weighted by Gasteiger charge is 2.36. The average molecular weight is 363 g/mol. The highest BCUT2D eigenvalue weighted by atomic mass is 16.5. The molecule has 6 heteroatoms. The van der Waals surface area contributed by atoms with Crippen molar-refractivity contribution in [2.75, 3.05) is 7.11 Å². The predicted molar refractivity (Wildman–Crippen MR) is 99.0 cm³/mol. The van der Waals surface area contributed by atoms with Crippen molar-refractivity contribution >= 4 is 22.8 Å². The van der Waals surface area contributed by atoms with E-state index in [4.69, 9.17) is 4.42 Å². The van der Waals surface area contributed by atoms with Crippen molar-refractivity contribution in [3.63, 3.8) is 0 Å². The molecule has 0 fully saturated rings. The number of hydrogen-bond donors (Lipinski definition) is 1. The number of aryl methyl sites for hydroxylation is 2. The Kier molecular flexibility index (Phi) is 3.84. The molecular weight excluding hydrogens is 346 g/mol. The third-order valence-corrected chi connectivity index (χ3v) is 4.98. The lowest BCUT2D eigenvalue weighted by molar-refractivity contribution is 0.0600. The number of rotatable bonds is 2. The van der Waals surface area contributed by atoms with Gasteiger partial charge in [0.05, 0.1) is 29.7 Å². The van der Waals surface area contributed by atoms with Crippen LogP contribution in [-0.4, -0.2) is 19.0 Å². The minimum atomic E-state index is -0.624. The monoisotopic (exact) mass is 363 g/mol. The molecule has 4 rings (SSSR count). The zero-order chi connectivity index (χ0) is 19.3. The van der Waals surface area contributed by atoms with E-state index >= 15 is 0 Å². The van der Waals surface area contributed by atoms with Crippen LogP contribution in [0.3, 0.4) is 0 Å². The fraction of sp³-hybridized carbons (Fsp3) is 0.190. The van der Waals surface area contributed by atoms with Gasteiger partial charge in [-0.3, -0.25) is 9.59 Å². The second-order valence-electron chi connectivity index (χ2n) is 6.63. The van der Waals surface area contributed by atoms with E-state index in [1.54, 1.807) is 36.4 Å². The summed E-state index contributed by atoms with van der Waals surface area (Å²) < 4.78 is 10.5. The molecular formula is C21H17NO5. The van der Waals surface area contributed by atoms with Gasteiger partial charge in [-0.05, 0) is 54.8 Å². The zero-order valence-corrected chi connectivity index (χ0v) is 15.1. The number of methoxy groups -OCH3 is 1. The fourth-order valence-corrected chi connectivity index (χ4v) is 3.34. The topological polar surface area (TPSA) is 85.6 Å². The highest BCUT2D eigenvalue weighted by molar-refractivity contribution is 5.99. The first kappa shape index (κ1) is 17.0. The smallest absolute Gasteiger partial charge is 0.337 e. The Balaban J connectivity index is 1.88. The van der Waals surface area contributed by atoms with E-state index in [0.29, 0.717) is 27.7 Å². The minimum Gasteiger partial charge on any atom is -0.465 e. The SMILES string of the molecule is COC(=O)c1ccc([C@@H]2NC(=O)c3oc4cc(C)c(C)cc4c(=O)c32)cc1. The van der Waals surface area contributed by atoms with Crippen molar-refractivity contribution in [3.05, 3.63) is 80.2 Å². The standard InChI is InChI=1S/C21H17NO5/c1-10-8-14-15(9-11(10)2)27-19-16(18(14)23)17(22-20(19)24)12-4-6-13(7-5-12)21(25)26-3/h4-9,17H,1-3H3,(H,22,24)/t17-/m0/s1. The Morgan fingerprint density at radius 1 is 1.07 bits per heavy atom. The number of carbonyl (C=O) groups excluding carboxylic acids is 2. The molecule has 1 N–H and O–H groups in total. The van der Waals surface area contributed by atoms with Crippen LogP contribution in [0.5, 0.6) is 0 Å². The van der Waals surface area contributed by atoms with Crippen LogP contribution in [0.1, 0.15) is 49.2 Å². The first-order valence-corrected chi connectivity index (χ1v) is 8.48. The van der Waals surface area contributed by atoms with E-state index in [0.717, 1.165) is 11.1 Å². The molecule has 0 aliphatic carbocycles. The average Bonchev–Trinajstić information content (AvgIpc) is 3.00. The molecule has 1 amide bonds. The van der Waals surface area contributed by atoms with Crippen molar-refractivity contribution in [1.82, 2.24) is 5.32 Å². The van der Waals surface area contributed by atoms with Crippen molar-refractivity contribution in [2.45, 2.75) is 19.9 Å².